The van der Waals surface area contributed by atoms with E-state index in [1.807, 2.05) is 58.8 Å². The number of methoxy groups -OCH3 is 1. The van der Waals surface area contributed by atoms with Crippen molar-refractivity contribution in [3.05, 3.63) is 66.5 Å². The number of nitriles is 1. The Balaban J connectivity index is 1.66. The molecule has 4 heterocycles. The number of fused-ring (bicyclic) bond motifs is 4. The van der Waals surface area contributed by atoms with E-state index in [1.54, 1.807) is 25.6 Å². The van der Waals surface area contributed by atoms with E-state index in [9.17, 15) is 5.26 Å². The zero-order valence-corrected chi connectivity index (χ0v) is 18.4. The van der Waals surface area contributed by atoms with Gasteiger partial charge in [-0.2, -0.15) is 5.26 Å². The number of aryl methyl sites for hydroxylation is 1. The Labute approximate surface area is 193 Å². The summed E-state index contributed by atoms with van der Waals surface area (Å²) in [5, 5.41) is 10.3. The van der Waals surface area contributed by atoms with Crippen LogP contribution in [0.5, 0.6) is 17.4 Å². The van der Waals surface area contributed by atoms with E-state index in [-0.39, 0.29) is 6.79 Å². The van der Waals surface area contributed by atoms with Crippen molar-refractivity contribution in [2.75, 3.05) is 13.9 Å². The Morgan fingerprint density at radius 1 is 1.00 bits per heavy atom. The van der Waals surface area contributed by atoms with E-state index < -0.39 is 0 Å². The third-order valence-electron chi connectivity index (χ3n) is 5.95. The Bertz CT molecular complexity index is 1690. The number of ether oxygens (including phenoxy) is 3. The molecule has 0 atom stereocenters. The molecule has 1 aliphatic rings. The van der Waals surface area contributed by atoms with Crippen LogP contribution in [0.15, 0.2) is 65.9 Å². The Morgan fingerprint density at radius 2 is 1.82 bits per heavy atom. The third kappa shape index (κ3) is 2.97. The van der Waals surface area contributed by atoms with Crippen LogP contribution in [0.4, 0.5) is 0 Å². The molecular weight excluding hydrogens is 432 g/mol. The second-order valence-corrected chi connectivity index (χ2v) is 7.76. The highest BCUT2D eigenvalue weighted by atomic mass is 16.7. The van der Waals surface area contributed by atoms with Crippen molar-refractivity contribution in [2.45, 2.75) is 0 Å². The summed E-state index contributed by atoms with van der Waals surface area (Å²) in [6.45, 7) is 0.228. The average molecular weight is 450 g/mol. The summed E-state index contributed by atoms with van der Waals surface area (Å²) in [5.41, 5.74) is 5.74. The predicted octanol–water partition coefficient (Wildman–Crippen LogP) is 3.70. The first kappa shape index (κ1) is 19.8. The highest BCUT2D eigenvalue weighted by Crippen LogP contribution is 2.37. The van der Waals surface area contributed by atoms with Crippen molar-refractivity contribution in [3.63, 3.8) is 0 Å². The molecule has 0 fully saturated rings. The molecule has 1 aliphatic heterocycles. The number of hydrogen-bond acceptors (Lipinski definition) is 7. The van der Waals surface area contributed by atoms with E-state index in [2.05, 4.69) is 21.0 Å². The largest absolute Gasteiger partial charge is 0.481 e. The molecule has 5 aromatic rings. The molecule has 0 N–H and O–H groups in total. The van der Waals surface area contributed by atoms with Crippen molar-refractivity contribution < 1.29 is 14.2 Å². The van der Waals surface area contributed by atoms with Gasteiger partial charge < -0.3 is 18.8 Å². The monoisotopic (exact) mass is 450 g/mol. The summed E-state index contributed by atoms with van der Waals surface area (Å²) in [5.74, 6) is 1.97. The van der Waals surface area contributed by atoms with Crippen LogP contribution in [0.25, 0.3) is 38.8 Å². The van der Waals surface area contributed by atoms with Crippen molar-refractivity contribution in [2.24, 2.45) is 12.0 Å². The predicted molar refractivity (Wildman–Crippen MR) is 125 cm³/mol. The lowest BCUT2D eigenvalue weighted by Gasteiger charge is -2.09. The van der Waals surface area contributed by atoms with Gasteiger partial charge in [0.1, 0.15) is 0 Å². The van der Waals surface area contributed by atoms with Crippen LogP contribution in [-0.2, 0) is 7.05 Å². The molecular formula is C25H18N6O3. The zero-order valence-electron chi connectivity index (χ0n) is 18.4. The van der Waals surface area contributed by atoms with Crippen molar-refractivity contribution in [1.82, 2.24) is 19.1 Å². The fourth-order valence-corrected chi connectivity index (χ4v) is 4.30. The molecule has 2 aromatic carbocycles. The smallest absolute Gasteiger partial charge is 0.231 e. The van der Waals surface area contributed by atoms with Gasteiger partial charge in [0.05, 0.1) is 41.7 Å². The molecule has 0 aliphatic carbocycles. The molecule has 0 spiro atoms. The number of rotatable bonds is 3. The summed E-state index contributed by atoms with van der Waals surface area (Å²) >= 11 is 0. The van der Waals surface area contributed by atoms with Gasteiger partial charge in [-0.15, -0.1) is 4.99 Å². The van der Waals surface area contributed by atoms with Crippen LogP contribution >= 0.6 is 0 Å². The van der Waals surface area contributed by atoms with Crippen molar-refractivity contribution in [3.8, 4) is 40.4 Å². The van der Waals surface area contributed by atoms with Gasteiger partial charge in [0.15, 0.2) is 11.5 Å². The first-order valence-electron chi connectivity index (χ1n) is 10.5. The standard InChI is InChI=1S/C25H18N6O3/c1-30-20-12-27-19-6-3-15(16-4-7-21-22(10-16)34-14-33-21)9-18(19)24(20)31(25(30)29-13-26)17-5-8-23(32-2)28-11-17/h3-12H,14H2,1-2H3. The van der Waals surface area contributed by atoms with Crippen molar-refractivity contribution >= 4 is 21.9 Å². The minimum atomic E-state index is 0.228. The quantitative estimate of drug-likeness (QED) is 0.389. The average Bonchev–Trinajstić information content (AvgIpc) is 3.46. The van der Waals surface area contributed by atoms with E-state index in [4.69, 9.17) is 14.2 Å². The molecule has 6 rings (SSSR count). The lowest BCUT2D eigenvalue weighted by atomic mass is 10.0. The second-order valence-electron chi connectivity index (χ2n) is 7.76. The van der Waals surface area contributed by atoms with Crippen molar-refractivity contribution in [1.29, 1.82) is 5.26 Å². The Morgan fingerprint density at radius 3 is 2.62 bits per heavy atom. The third-order valence-corrected chi connectivity index (χ3v) is 5.95. The summed E-state index contributed by atoms with van der Waals surface area (Å²) < 4.78 is 20.0. The number of hydrogen-bond donors (Lipinski definition) is 0. The van der Waals surface area contributed by atoms with Gasteiger partial charge in [-0.25, -0.2) is 4.98 Å². The molecule has 0 unspecified atom stereocenters. The van der Waals surface area contributed by atoms with Gasteiger partial charge in [-0.05, 0) is 41.5 Å². The maximum absolute atomic E-state index is 9.39. The number of pyridine rings is 2. The summed E-state index contributed by atoms with van der Waals surface area (Å²) in [6, 6.07) is 15.7. The van der Waals surface area contributed by atoms with Crippen LogP contribution in [-0.4, -0.2) is 33.0 Å². The molecule has 9 nitrogen and oxygen atoms in total. The number of imidazole rings is 1. The summed E-state index contributed by atoms with van der Waals surface area (Å²) in [6.07, 6.45) is 5.41. The maximum Gasteiger partial charge on any atom is 0.231 e. The van der Waals surface area contributed by atoms with Gasteiger partial charge >= 0.3 is 0 Å². The van der Waals surface area contributed by atoms with Crippen LogP contribution in [0, 0.1) is 11.5 Å². The topological polar surface area (TPSA) is 99.5 Å². The number of benzene rings is 2. The molecule has 0 saturated heterocycles. The molecule has 9 heteroatoms. The molecule has 166 valence electrons. The van der Waals surface area contributed by atoms with E-state index in [0.717, 1.165) is 50.2 Å². The highest BCUT2D eigenvalue weighted by molar-refractivity contribution is 6.04. The second kappa shape index (κ2) is 7.64. The highest BCUT2D eigenvalue weighted by Gasteiger charge is 2.18. The number of aromatic nitrogens is 4. The summed E-state index contributed by atoms with van der Waals surface area (Å²) in [4.78, 5) is 13.1. The Hall–Kier alpha value is -4.84. The minimum Gasteiger partial charge on any atom is -0.481 e. The van der Waals surface area contributed by atoms with E-state index >= 15 is 0 Å². The van der Waals surface area contributed by atoms with E-state index in [0.29, 0.717) is 11.5 Å². The fraction of sp³-hybridized carbons (Fsp3) is 0.120. The summed E-state index contributed by atoms with van der Waals surface area (Å²) in [7, 11) is 3.43. The zero-order chi connectivity index (χ0) is 23.2. The lowest BCUT2D eigenvalue weighted by molar-refractivity contribution is 0.174. The Kier molecular flexibility index (Phi) is 4.45. The van der Waals surface area contributed by atoms with Crippen LogP contribution < -0.4 is 19.8 Å². The molecule has 0 saturated carbocycles. The van der Waals surface area contributed by atoms with Gasteiger partial charge in [0.2, 0.25) is 24.5 Å². The molecule has 0 radical (unpaired) electrons. The van der Waals surface area contributed by atoms with Gasteiger partial charge in [-0.1, -0.05) is 12.1 Å². The minimum absolute atomic E-state index is 0.228. The van der Waals surface area contributed by atoms with Crippen LogP contribution in [0.3, 0.4) is 0 Å². The van der Waals surface area contributed by atoms with Gasteiger partial charge in [0.25, 0.3) is 0 Å². The first-order valence-corrected chi connectivity index (χ1v) is 10.5. The molecule has 0 bridgehead atoms. The normalized spacial score (nSPS) is 12.9. The van der Waals surface area contributed by atoms with Gasteiger partial charge in [-0.3, -0.25) is 9.55 Å². The van der Waals surface area contributed by atoms with Crippen LogP contribution in [0.1, 0.15) is 0 Å². The first-order chi connectivity index (χ1) is 16.7. The number of nitrogens with zero attached hydrogens (tertiary/aromatic N) is 6. The maximum atomic E-state index is 9.39. The lowest BCUT2D eigenvalue weighted by Crippen LogP contribution is -2.22. The van der Waals surface area contributed by atoms with E-state index in [1.165, 1.54) is 0 Å². The molecule has 3 aromatic heterocycles. The molecule has 0 amide bonds. The molecule has 34 heavy (non-hydrogen) atoms. The fourth-order valence-electron chi connectivity index (χ4n) is 4.30. The van der Waals surface area contributed by atoms with Crippen LogP contribution in [0.2, 0.25) is 0 Å². The SMILES string of the molecule is COc1ccc(-n2c(=NC#N)n(C)c3cnc4ccc(-c5ccc6c(c5)OCO6)cc4c32)cn1. The van der Waals surface area contributed by atoms with Gasteiger partial charge in [0, 0.05) is 18.5 Å².